The van der Waals surface area contributed by atoms with Crippen molar-refractivity contribution in [3.05, 3.63) is 27.1 Å². The van der Waals surface area contributed by atoms with E-state index < -0.39 is 12.0 Å². The maximum Gasteiger partial charge on any atom is 0.328 e. The Morgan fingerprint density at radius 3 is 2.78 bits per heavy atom. The number of esters is 1. The van der Waals surface area contributed by atoms with Crippen LogP contribution in [0.4, 0.5) is 0 Å². The second kappa shape index (κ2) is 4.53. The first-order valence-corrected chi connectivity index (χ1v) is 6.34. The molecular weight excluding hydrogens is 252 g/mol. The molecular formula is C12H14N2O3S. The fourth-order valence-electron chi connectivity index (χ4n) is 1.95. The number of aromatic nitrogens is 2. The maximum atomic E-state index is 12.3. The van der Waals surface area contributed by atoms with E-state index in [1.165, 1.54) is 23.0 Å². The van der Waals surface area contributed by atoms with Crippen LogP contribution in [0.25, 0.3) is 10.2 Å². The molecule has 2 aromatic rings. The van der Waals surface area contributed by atoms with Gasteiger partial charge in [0, 0.05) is 4.88 Å². The van der Waals surface area contributed by atoms with Crippen LogP contribution in [0.1, 0.15) is 23.7 Å². The van der Waals surface area contributed by atoms with Crippen LogP contribution in [-0.2, 0) is 9.53 Å². The van der Waals surface area contributed by atoms with Crippen LogP contribution in [0.2, 0.25) is 0 Å². The predicted octanol–water partition coefficient (Wildman–Crippen LogP) is 1.81. The number of aryl methyl sites for hydroxylation is 2. The van der Waals surface area contributed by atoms with Crippen LogP contribution in [0.5, 0.6) is 0 Å². The molecule has 18 heavy (non-hydrogen) atoms. The highest BCUT2D eigenvalue weighted by Crippen LogP contribution is 2.21. The van der Waals surface area contributed by atoms with Gasteiger partial charge in [0.15, 0.2) is 0 Å². The summed E-state index contributed by atoms with van der Waals surface area (Å²) in [7, 11) is 1.31. The Kier molecular flexibility index (Phi) is 3.21. The highest BCUT2D eigenvalue weighted by molar-refractivity contribution is 7.18. The minimum Gasteiger partial charge on any atom is -0.467 e. The summed E-state index contributed by atoms with van der Waals surface area (Å²) in [6, 6.07) is 1.13. The smallest absolute Gasteiger partial charge is 0.328 e. The van der Waals surface area contributed by atoms with E-state index in [0.717, 1.165) is 4.88 Å². The van der Waals surface area contributed by atoms with Crippen molar-refractivity contribution in [1.82, 2.24) is 9.55 Å². The van der Waals surface area contributed by atoms with E-state index in [9.17, 15) is 9.59 Å². The zero-order valence-electron chi connectivity index (χ0n) is 10.7. The molecule has 0 radical (unpaired) electrons. The summed E-state index contributed by atoms with van der Waals surface area (Å²) in [5.41, 5.74) is -0.195. The number of rotatable bonds is 2. The van der Waals surface area contributed by atoms with Crippen molar-refractivity contribution in [2.45, 2.75) is 26.8 Å². The lowest BCUT2D eigenvalue weighted by Gasteiger charge is -2.15. The molecule has 5 nitrogen and oxygen atoms in total. The number of thiophene rings is 1. The summed E-state index contributed by atoms with van der Waals surface area (Å²) in [6.45, 7) is 5.28. The van der Waals surface area contributed by atoms with Crippen molar-refractivity contribution in [2.75, 3.05) is 7.11 Å². The molecule has 0 aliphatic carbocycles. The topological polar surface area (TPSA) is 61.2 Å². The number of carbonyl (C=O) groups excluding carboxylic acids is 1. The minimum atomic E-state index is -0.667. The number of hydrogen-bond donors (Lipinski definition) is 0. The third kappa shape index (κ3) is 1.92. The van der Waals surface area contributed by atoms with Crippen molar-refractivity contribution in [2.24, 2.45) is 0 Å². The van der Waals surface area contributed by atoms with Gasteiger partial charge in [0.1, 0.15) is 16.7 Å². The Hall–Kier alpha value is -1.69. The molecule has 0 bridgehead atoms. The van der Waals surface area contributed by atoms with Gasteiger partial charge in [-0.3, -0.25) is 9.36 Å². The van der Waals surface area contributed by atoms with Gasteiger partial charge in [-0.2, -0.15) is 0 Å². The van der Waals surface area contributed by atoms with E-state index in [1.54, 1.807) is 19.9 Å². The zero-order chi connectivity index (χ0) is 13.4. The fraction of sp³-hybridized carbons (Fsp3) is 0.417. The average molecular weight is 266 g/mol. The molecule has 0 spiro atoms. The highest BCUT2D eigenvalue weighted by Gasteiger charge is 2.21. The van der Waals surface area contributed by atoms with Gasteiger partial charge in [-0.05, 0) is 26.8 Å². The van der Waals surface area contributed by atoms with E-state index in [2.05, 4.69) is 9.72 Å². The van der Waals surface area contributed by atoms with Crippen LogP contribution in [-0.4, -0.2) is 22.6 Å². The van der Waals surface area contributed by atoms with E-state index in [4.69, 9.17) is 0 Å². The van der Waals surface area contributed by atoms with Crippen molar-refractivity contribution < 1.29 is 9.53 Å². The Morgan fingerprint density at radius 1 is 1.50 bits per heavy atom. The van der Waals surface area contributed by atoms with Crippen LogP contribution >= 0.6 is 11.3 Å². The number of carbonyl (C=O) groups is 1. The molecule has 2 rings (SSSR count). The van der Waals surface area contributed by atoms with Gasteiger partial charge in [0.2, 0.25) is 0 Å². The number of methoxy groups -OCH3 is 1. The van der Waals surface area contributed by atoms with Crippen molar-refractivity contribution >= 4 is 27.5 Å². The molecule has 0 aliphatic heterocycles. The molecule has 1 unspecified atom stereocenters. The molecule has 0 N–H and O–H groups in total. The summed E-state index contributed by atoms with van der Waals surface area (Å²) < 4.78 is 6.05. The van der Waals surface area contributed by atoms with Gasteiger partial charge in [0.05, 0.1) is 12.5 Å². The SMILES string of the molecule is COC(=O)C(C)n1c(C)nc2sc(C)cc2c1=O. The first-order valence-electron chi connectivity index (χ1n) is 5.52. The van der Waals surface area contributed by atoms with Crippen LogP contribution in [0, 0.1) is 13.8 Å². The minimum absolute atomic E-state index is 0.195. The third-order valence-electron chi connectivity index (χ3n) is 2.83. The Balaban J connectivity index is 2.71. The quantitative estimate of drug-likeness (QED) is 0.778. The fourth-order valence-corrected chi connectivity index (χ4v) is 2.86. The maximum absolute atomic E-state index is 12.3. The number of nitrogens with zero attached hydrogens (tertiary/aromatic N) is 2. The molecule has 6 heteroatoms. The monoisotopic (exact) mass is 266 g/mol. The third-order valence-corrected chi connectivity index (χ3v) is 3.77. The molecule has 2 heterocycles. The normalized spacial score (nSPS) is 12.7. The number of ether oxygens (including phenoxy) is 1. The summed E-state index contributed by atoms with van der Waals surface area (Å²) in [5.74, 6) is 0.0700. The summed E-state index contributed by atoms with van der Waals surface area (Å²) in [5, 5.41) is 0.554. The van der Waals surface area contributed by atoms with Gasteiger partial charge in [-0.25, -0.2) is 9.78 Å². The molecule has 2 aromatic heterocycles. The van der Waals surface area contributed by atoms with Gasteiger partial charge < -0.3 is 4.74 Å². The second-order valence-corrected chi connectivity index (χ2v) is 5.34. The zero-order valence-corrected chi connectivity index (χ0v) is 11.5. The molecule has 0 fully saturated rings. The molecule has 96 valence electrons. The van der Waals surface area contributed by atoms with E-state index in [0.29, 0.717) is 16.0 Å². The Labute approximate surface area is 108 Å². The summed E-state index contributed by atoms with van der Waals surface area (Å²) >= 11 is 1.47. The van der Waals surface area contributed by atoms with Crippen molar-refractivity contribution in [1.29, 1.82) is 0 Å². The standard InChI is InChI=1S/C12H14N2O3S/c1-6-5-9-10(18-6)13-8(3)14(11(9)15)7(2)12(16)17-4/h5,7H,1-4H3. The molecule has 0 aliphatic rings. The average Bonchev–Trinajstić information content (AvgIpc) is 2.68. The molecule has 0 aromatic carbocycles. The van der Waals surface area contributed by atoms with Crippen molar-refractivity contribution in [3.8, 4) is 0 Å². The Bertz CT molecular complexity index is 672. The van der Waals surface area contributed by atoms with Crippen LogP contribution in [0.3, 0.4) is 0 Å². The Morgan fingerprint density at radius 2 is 2.17 bits per heavy atom. The van der Waals surface area contributed by atoms with E-state index in [1.807, 2.05) is 6.92 Å². The lowest BCUT2D eigenvalue weighted by atomic mass is 10.3. The number of hydrogen-bond acceptors (Lipinski definition) is 5. The van der Waals surface area contributed by atoms with Crippen LogP contribution < -0.4 is 5.56 Å². The van der Waals surface area contributed by atoms with E-state index >= 15 is 0 Å². The summed E-state index contributed by atoms with van der Waals surface area (Å²) in [4.78, 5) is 30.0. The van der Waals surface area contributed by atoms with Crippen molar-refractivity contribution in [3.63, 3.8) is 0 Å². The largest absolute Gasteiger partial charge is 0.467 e. The first kappa shape index (κ1) is 12.8. The van der Waals surface area contributed by atoms with Crippen LogP contribution in [0.15, 0.2) is 10.9 Å². The number of fused-ring (bicyclic) bond motifs is 1. The van der Waals surface area contributed by atoms with E-state index in [-0.39, 0.29) is 5.56 Å². The molecule has 0 amide bonds. The highest BCUT2D eigenvalue weighted by atomic mass is 32.1. The summed E-state index contributed by atoms with van der Waals surface area (Å²) in [6.07, 6.45) is 0. The lowest BCUT2D eigenvalue weighted by molar-refractivity contribution is -0.144. The predicted molar refractivity (Wildman–Crippen MR) is 70.1 cm³/mol. The second-order valence-electron chi connectivity index (χ2n) is 4.11. The van der Waals surface area contributed by atoms with Gasteiger partial charge >= 0.3 is 5.97 Å². The van der Waals surface area contributed by atoms with Gasteiger partial charge in [-0.1, -0.05) is 0 Å². The lowest BCUT2D eigenvalue weighted by Crippen LogP contribution is -2.31. The molecule has 1 atom stereocenters. The first-order chi connectivity index (χ1) is 8.45. The molecule has 0 saturated heterocycles. The van der Waals surface area contributed by atoms with Gasteiger partial charge in [-0.15, -0.1) is 11.3 Å². The molecule has 0 saturated carbocycles. The van der Waals surface area contributed by atoms with Gasteiger partial charge in [0.25, 0.3) is 5.56 Å².